The van der Waals surface area contributed by atoms with E-state index in [4.69, 9.17) is 0 Å². The maximum Gasteiger partial charge on any atom is 0.238 e. The molecule has 5 rings (SSSR count). The minimum Gasteiger partial charge on any atom is -0.274 e. The molecule has 1 aromatic carbocycles. The summed E-state index contributed by atoms with van der Waals surface area (Å²) in [6.07, 6.45) is 6.41. The van der Waals surface area contributed by atoms with Gasteiger partial charge in [0, 0.05) is 0 Å². The highest BCUT2D eigenvalue weighted by Crippen LogP contribution is 2.50. The Morgan fingerprint density at radius 3 is 2.05 bits per heavy atom. The van der Waals surface area contributed by atoms with Crippen LogP contribution in [0.15, 0.2) is 30.4 Å². The third kappa shape index (κ3) is 1.66. The molecule has 4 aliphatic rings. The number of allylic oxidation sites excluding steroid dienone is 2. The Bertz CT molecular complexity index is 644. The van der Waals surface area contributed by atoms with E-state index in [-0.39, 0.29) is 35.5 Å². The molecule has 4 atom stereocenters. The molecule has 2 bridgehead atoms. The van der Waals surface area contributed by atoms with Gasteiger partial charge in [-0.05, 0) is 55.7 Å². The van der Waals surface area contributed by atoms with Gasteiger partial charge in [-0.1, -0.05) is 24.3 Å². The standard InChI is InChI=1S/C18H19NO2/c1-10-3-4-11(2)14(9-10)19-17(20)15-12-5-6-13(8-7-12)16(15)18(19)21/h3-6,9,12-13,15-16H,7-8H2,1-2H3/t12-,13-,15-,16+/m1/s1. The van der Waals surface area contributed by atoms with E-state index < -0.39 is 0 Å². The van der Waals surface area contributed by atoms with Gasteiger partial charge in [0.25, 0.3) is 0 Å². The SMILES string of the molecule is Cc1ccc(C)c(N2C(=O)[C@@H]3[C@H](C2=O)[C@@H]2C=C[C@@H]3CC2)c1. The summed E-state index contributed by atoms with van der Waals surface area (Å²) in [5.41, 5.74) is 2.84. The summed E-state index contributed by atoms with van der Waals surface area (Å²) >= 11 is 0. The van der Waals surface area contributed by atoms with Crippen LogP contribution in [-0.2, 0) is 9.59 Å². The number of carbonyl (C=O) groups is 2. The van der Waals surface area contributed by atoms with Crippen LogP contribution in [0.4, 0.5) is 5.69 Å². The largest absolute Gasteiger partial charge is 0.274 e. The summed E-state index contributed by atoms with van der Waals surface area (Å²) in [5, 5.41) is 0. The number of hydrogen-bond acceptors (Lipinski definition) is 2. The maximum absolute atomic E-state index is 12.9. The average molecular weight is 281 g/mol. The minimum absolute atomic E-state index is 0.0118. The van der Waals surface area contributed by atoms with Gasteiger partial charge in [0.2, 0.25) is 11.8 Å². The molecule has 1 aromatic rings. The van der Waals surface area contributed by atoms with E-state index in [2.05, 4.69) is 12.2 Å². The first-order valence-electron chi connectivity index (χ1n) is 7.71. The minimum atomic E-state index is -0.124. The number of nitrogens with zero attached hydrogens (tertiary/aromatic N) is 1. The average Bonchev–Trinajstić information content (AvgIpc) is 2.77. The van der Waals surface area contributed by atoms with Gasteiger partial charge in [-0.3, -0.25) is 9.59 Å². The number of carbonyl (C=O) groups excluding carboxylic acids is 2. The van der Waals surface area contributed by atoms with Crippen molar-refractivity contribution in [2.75, 3.05) is 4.90 Å². The first-order valence-corrected chi connectivity index (χ1v) is 7.71. The molecule has 3 heteroatoms. The van der Waals surface area contributed by atoms with Crippen LogP contribution in [0, 0.1) is 37.5 Å². The molecule has 0 N–H and O–H groups in total. The van der Waals surface area contributed by atoms with Crippen molar-refractivity contribution in [2.45, 2.75) is 26.7 Å². The number of anilines is 1. The van der Waals surface area contributed by atoms with E-state index in [1.165, 1.54) is 4.90 Å². The van der Waals surface area contributed by atoms with E-state index in [9.17, 15) is 9.59 Å². The molecule has 1 saturated carbocycles. The zero-order chi connectivity index (χ0) is 14.7. The van der Waals surface area contributed by atoms with Crippen molar-refractivity contribution in [3.63, 3.8) is 0 Å². The molecule has 21 heavy (non-hydrogen) atoms. The van der Waals surface area contributed by atoms with Gasteiger partial charge < -0.3 is 0 Å². The number of aryl methyl sites for hydroxylation is 2. The van der Waals surface area contributed by atoms with Crippen molar-refractivity contribution in [1.82, 2.24) is 0 Å². The molecule has 0 spiro atoms. The maximum atomic E-state index is 12.9. The Morgan fingerprint density at radius 2 is 1.52 bits per heavy atom. The topological polar surface area (TPSA) is 37.4 Å². The molecule has 108 valence electrons. The van der Waals surface area contributed by atoms with Crippen molar-refractivity contribution in [3.05, 3.63) is 41.5 Å². The van der Waals surface area contributed by atoms with Crippen LogP contribution in [0.2, 0.25) is 0 Å². The number of amides is 2. The van der Waals surface area contributed by atoms with E-state index in [0.717, 1.165) is 29.7 Å². The van der Waals surface area contributed by atoms with Crippen LogP contribution < -0.4 is 4.90 Å². The quantitative estimate of drug-likeness (QED) is 0.586. The number of hydrogen-bond donors (Lipinski definition) is 0. The smallest absolute Gasteiger partial charge is 0.238 e. The molecule has 1 saturated heterocycles. The van der Waals surface area contributed by atoms with Crippen molar-refractivity contribution in [2.24, 2.45) is 23.7 Å². The zero-order valence-corrected chi connectivity index (χ0v) is 12.4. The fourth-order valence-corrected chi connectivity index (χ4v) is 4.27. The van der Waals surface area contributed by atoms with Crippen molar-refractivity contribution in [3.8, 4) is 0 Å². The molecule has 2 amide bonds. The molecule has 3 nitrogen and oxygen atoms in total. The second-order valence-corrected chi connectivity index (χ2v) is 6.64. The fourth-order valence-electron chi connectivity index (χ4n) is 4.27. The Kier molecular flexibility index (Phi) is 2.62. The van der Waals surface area contributed by atoms with Crippen LogP contribution >= 0.6 is 0 Å². The number of imide groups is 1. The molecular formula is C18H19NO2. The highest BCUT2D eigenvalue weighted by Gasteiger charge is 2.57. The highest BCUT2D eigenvalue weighted by atomic mass is 16.2. The van der Waals surface area contributed by atoms with E-state index in [1.54, 1.807) is 0 Å². The van der Waals surface area contributed by atoms with Gasteiger partial charge in [0.15, 0.2) is 0 Å². The molecule has 0 unspecified atom stereocenters. The van der Waals surface area contributed by atoms with Crippen LogP contribution in [0.5, 0.6) is 0 Å². The Balaban J connectivity index is 1.80. The first-order chi connectivity index (χ1) is 10.1. The molecule has 1 heterocycles. The van der Waals surface area contributed by atoms with Gasteiger partial charge in [0.1, 0.15) is 0 Å². The fraction of sp³-hybridized carbons (Fsp3) is 0.444. The Labute approximate surface area is 124 Å². The molecular weight excluding hydrogens is 262 g/mol. The summed E-state index contributed by atoms with van der Waals surface area (Å²) in [5.74, 6) is 0.288. The van der Waals surface area contributed by atoms with Crippen LogP contribution in [0.25, 0.3) is 0 Å². The van der Waals surface area contributed by atoms with Crippen molar-refractivity contribution < 1.29 is 9.59 Å². The van der Waals surface area contributed by atoms with E-state index in [0.29, 0.717) is 0 Å². The van der Waals surface area contributed by atoms with E-state index >= 15 is 0 Å². The first kappa shape index (κ1) is 12.8. The summed E-state index contributed by atoms with van der Waals surface area (Å²) < 4.78 is 0. The summed E-state index contributed by atoms with van der Waals surface area (Å²) in [7, 11) is 0. The normalized spacial score (nSPS) is 33.7. The Morgan fingerprint density at radius 1 is 0.952 bits per heavy atom. The predicted molar refractivity (Wildman–Crippen MR) is 80.7 cm³/mol. The lowest BCUT2D eigenvalue weighted by Crippen LogP contribution is -2.38. The van der Waals surface area contributed by atoms with Crippen molar-refractivity contribution >= 4 is 17.5 Å². The van der Waals surface area contributed by atoms with Gasteiger partial charge in [-0.25, -0.2) is 4.90 Å². The lowest BCUT2D eigenvalue weighted by atomic mass is 9.63. The third-order valence-corrected chi connectivity index (χ3v) is 5.36. The van der Waals surface area contributed by atoms with Gasteiger partial charge >= 0.3 is 0 Å². The van der Waals surface area contributed by atoms with Gasteiger partial charge in [0.05, 0.1) is 17.5 Å². The van der Waals surface area contributed by atoms with Crippen LogP contribution in [0.1, 0.15) is 24.0 Å². The lowest BCUT2D eigenvalue weighted by molar-refractivity contribution is -0.124. The van der Waals surface area contributed by atoms with Crippen molar-refractivity contribution in [1.29, 1.82) is 0 Å². The molecule has 2 fully saturated rings. The zero-order valence-electron chi connectivity index (χ0n) is 12.4. The van der Waals surface area contributed by atoms with Crippen LogP contribution in [-0.4, -0.2) is 11.8 Å². The second-order valence-electron chi connectivity index (χ2n) is 6.64. The lowest BCUT2D eigenvalue weighted by Gasteiger charge is -2.38. The predicted octanol–water partition coefficient (Wildman–Crippen LogP) is 3.01. The summed E-state index contributed by atoms with van der Waals surface area (Å²) in [4.78, 5) is 27.2. The third-order valence-electron chi connectivity index (χ3n) is 5.36. The number of fused-ring (bicyclic) bond motifs is 1. The van der Waals surface area contributed by atoms with Crippen LogP contribution in [0.3, 0.4) is 0 Å². The monoisotopic (exact) mass is 281 g/mol. The summed E-state index contributed by atoms with van der Waals surface area (Å²) in [6, 6.07) is 5.96. The molecule has 3 aliphatic carbocycles. The molecule has 0 radical (unpaired) electrons. The number of rotatable bonds is 1. The Hall–Kier alpha value is -1.90. The highest BCUT2D eigenvalue weighted by molar-refractivity contribution is 6.22. The molecule has 0 aromatic heterocycles. The second kappa shape index (κ2) is 4.30. The van der Waals surface area contributed by atoms with E-state index in [1.807, 2.05) is 32.0 Å². The number of benzene rings is 1. The van der Waals surface area contributed by atoms with Gasteiger partial charge in [-0.15, -0.1) is 0 Å². The molecule has 1 aliphatic heterocycles. The van der Waals surface area contributed by atoms with Gasteiger partial charge in [-0.2, -0.15) is 0 Å². The summed E-state index contributed by atoms with van der Waals surface area (Å²) in [6.45, 7) is 3.95.